The van der Waals surface area contributed by atoms with Gasteiger partial charge in [0, 0.05) is 19.3 Å². The smallest absolute Gasteiger partial charge is 0.0363 e. The first-order chi connectivity index (χ1) is 8.48. The Kier molecular flexibility index (Phi) is 5.67. The molecule has 2 N–H and O–H groups in total. The molecule has 0 aliphatic carbocycles. The van der Waals surface area contributed by atoms with Gasteiger partial charge in [-0.3, -0.25) is 0 Å². The molecule has 1 aromatic rings. The highest BCUT2D eigenvalue weighted by Crippen LogP contribution is 2.21. The summed E-state index contributed by atoms with van der Waals surface area (Å²) in [5.74, 6) is 0. The summed E-state index contributed by atoms with van der Waals surface area (Å²) in [7, 11) is 2.16. The zero-order valence-electron chi connectivity index (χ0n) is 12.4. The SMILES string of the molecule is CCc1ccc(N(C)CCCC(C)(C)CN)cc1. The monoisotopic (exact) mass is 248 g/mol. The lowest BCUT2D eigenvalue weighted by molar-refractivity contribution is 0.338. The maximum absolute atomic E-state index is 5.75. The molecule has 0 amide bonds. The summed E-state index contributed by atoms with van der Waals surface area (Å²) >= 11 is 0. The van der Waals surface area contributed by atoms with Crippen LogP contribution < -0.4 is 10.6 Å². The molecule has 2 heteroatoms. The Balaban J connectivity index is 2.42. The van der Waals surface area contributed by atoms with Crippen molar-refractivity contribution in [3.63, 3.8) is 0 Å². The molecular formula is C16H28N2. The van der Waals surface area contributed by atoms with E-state index in [0.29, 0.717) is 0 Å². The Morgan fingerprint density at radius 1 is 1.17 bits per heavy atom. The normalized spacial score (nSPS) is 11.6. The summed E-state index contributed by atoms with van der Waals surface area (Å²) in [5, 5.41) is 0. The molecule has 0 aromatic heterocycles. The number of benzene rings is 1. The fraction of sp³-hybridized carbons (Fsp3) is 0.625. The Morgan fingerprint density at radius 2 is 1.78 bits per heavy atom. The standard InChI is InChI=1S/C16H28N2/c1-5-14-7-9-15(10-8-14)18(4)12-6-11-16(2,3)13-17/h7-10H,5-6,11-13,17H2,1-4H3. The van der Waals surface area contributed by atoms with Crippen LogP contribution in [0.4, 0.5) is 5.69 Å². The third-order valence-electron chi connectivity index (χ3n) is 3.69. The van der Waals surface area contributed by atoms with Crippen LogP contribution in [0.5, 0.6) is 0 Å². The summed E-state index contributed by atoms with van der Waals surface area (Å²) in [6.07, 6.45) is 3.48. The lowest BCUT2D eigenvalue weighted by atomic mass is 9.88. The Bertz CT molecular complexity index is 341. The van der Waals surface area contributed by atoms with Gasteiger partial charge in [-0.05, 0) is 48.9 Å². The van der Waals surface area contributed by atoms with Crippen molar-refractivity contribution in [3.05, 3.63) is 29.8 Å². The fourth-order valence-electron chi connectivity index (χ4n) is 2.01. The predicted octanol–water partition coefficient (Wildman–Crippen LogP) is 3.45. The minimum Gasteiger partial charge on any atom is -0.375 e. The molecule has 1 aromatic carbocycles. The van der Waals surface area contributed by atoms with Crippen molar-refractivity contribution in [2.24, 2.45) is 11.1 Å². The first-order valence-corrected chi connectivity index (χ1v) is 6.98. The van der Waals surface area contributed by atoms with Crippen molar-refractivity contribution in [2.45, 2.75) is 40.0 Å². The third-order valence-corrected chi connectivity index (χ3v) is 3.69. The minimum absolute atomic E-state index is 0.271. The number of nitrogens with zero attached hydrogens (tertiary/aromatic N) is 1. The molecule has 2 nitrogen and oxygen atoms in total. The molecule has 18 heavy (non-hydrogen) atoms. The molecule has 0 fully saturated rings. The summed E-state index contributed by atoms with van der Waals surface area (Å²) in [4.78, 5) is 2.33. The molecule has 0 atom stereocenters. The molecular weight excluding hydrogens is 220 g/mol. The maximum atomic E-state index is 5.75. The first kappa shape index (κ1) is 15.0. The van der Waals surface area contributed by atoms with E-state index < -0.39 is 0 Å². The Morgan fingerprint density at radius 3 is 2.28 bits per heavy atom. The van der Waals surface area contributed by atoms with Gasteiger partial charge in [0.1, 0.15) is 0 Å². The largest absolute Gasteiger partial charge is 0.375 e. The van der Waals surface area contributed by atoms with Crippen LogP contribution in [0.1, 0.15) is 39.2 Å². The first-order valence-electron chi connectivity index (χ1n) is 6.98. The lowest BCUT2D eigenvalue weighted by Crippen LogP contribution is -2.26. The van der Waals surface area contributed by atoms with Gasteiger partial charge in [-0.25, -0.2) is 0 Å². The van der Waals surface area contributed by atoms with Gasteiger partial charge < -0.3 is 10.6 Å². The number of aryl methyl sites for hydroxylation is 1. The van der Waals surface area contributed by atoms with Crippen molar-refractivity contribution < 1.29 is 0 Å². The molecule has 0 heterocycles. The second-order valence-corrected chi connectivity index (χ2v) is 5.91. The average Bonchev–Trinajstić information content (AvgIpc) is 2.38. The Labute approximate surface area is 112 Å². The van der Waals surface area contributed by atoms with E-state index in [1.165, 1.54) is 24.1 Å². The van der Waals surface area contributed by atoms with Crippen LogP contribution in [0, 0.1) is 5.41 Å². The van der Waals surface area contributed by atoms with Crippen LogP contribution >= 0.6 is 0 Å². The summed E-state index contributed by atoms with van der Waals surface area (Å²) < 4.78 is 0. The van der Waals surface area contributed by atoms with Crippen LogP contribution in [0.2, 0.25) is 0 Å². The van der Waals surface area contributed by atoms with Crippen LogP contribution in [0.25, 0.3) is 0 Å². The van der Waals surface area contributed by atoms with Crippen LogP contribution in [-0.2, 0) is 6.42 Å². The van der Waals surface area contributed by atoms with E-state index >= 15 is 0 Å². The van der Waals surface area contributed by atoms with E-state index in [-0.39, 0.29) is 5.41 Å². The van der Waals surface area contributed by atoms with Crippen LogP contribution in [0.15, 0.2) is 24.3 Å². The minimum atomic E-state index is 0.271. The number of hydrogen-bond acceptors (Lipinski definition) is 2. The van der Waals surface area contributed by atoms with Gasteiger partial charge in [0.15, 0.2) is 0 Å². The van der Waals surface area contributed by atoms with Crippen molar-refractivity contribution in [1.29, 1.82) is 0 Å². The number of nitrogens with two attached hydrogens (primary N) is 1. The molecule has 0 radical (unpaired) electrons. The molecule has 0 saturated heterocycles. The number of hydrogen-bond donors (Lipinski definition) is 1. The van der Waals surface area contributed by atoms with Gasteiger partial charge in [0.25, 0.3) is 0 Å². The Hall–Kier alpha value is -1.02. The van der Waals surface area contributed by atoms with E-state index in [1.54, 1.807) is 0 Å². The van der Waals surface area contributed by atoms with Crippen LogP contribution in [-0.4, -0.2) is 20.1 Å². The second-order valence-electron chi connectivity index (χ2n) is 5.91. The van der Waals surface area contributed by atoms with E-state index in [9.17, 15) is 0 Å². The molecule has 0 bridgehead atoms. The number of anilines is 1. The lowest BCUT2D eigenvalue weighted by Gasteiger charge is -2.25. The zero-order valence-corrected chi connectivity index (χ0v) is 12.4. The molecule has 0 aliphatic heterocycles. The topological polar surface area (TPSA) is 29.3 Å². The quantitative estimate of drug-likeness (QED) is 0.801. The average molecular weight is 248 g/mol. The molecule has 0 spiro atoms. The highest BCUT2D eigenvalue weighted by molar-refractivity contribution is 5.46. The fourth-order valence-corrected chi connectivity index (χ4v) is 2.01. The van der Waals surface area contributed by atoms with E-state index in [4.69, 9.17) is 5.73 Å². The third kappa shape index (κ3) is 4.69. The van der Waals surface area contributed by atoms with E-state index in [2.05, 4.69) is 57.0 Å². The van der Waals surface area contributed by atoms with Crippen molar-refractivity contribution in [3.8, 4) is 0 Å². The van der Waals surface area contributed by atoms with Gasteiger partial charge in [-0.1, -0.05) is 32.9 Å². The van der Waals surface area contributed by atoms with Gasteiger partial charge in [0.2, 0.25) is 0 Å². The highest BCUT2D eigenvalue weighted by atomic mass is 15.1. The molecule has 0 saturated carbocycles. The van der Waals surface area contributed by atoms with Crippen molar-refractivity contribution in [1.82, 2.24) is 0 Å². The highest BCUT2D eigenvalue weighted by Gasteiger charge is 2.15. The van der Waals surface area contributed by atoms with Crippen molar-refractivity contribution in [2.75, 3.05) is 25.0 Å². The molecule has 0 aliphatic rings. The predicted molar refractivity (Wildman–Crippen MR) is 81.2 cm³/mol. The molecule has 1 rings (SSSR count). The zero-order chi connectivity index (χ0) is 13.6. The maximum Gasteiger partial charge on any atom is 0.0363 e. The van der Waals surface area contributed by atoms with Gasteiger partial charge >= 0.3 is 0 Å². The van der Waals surface area contributed by atoms with E-state index in [1.807, 2.05) is 0 Å². The second kappa shape index (κ2) is 6.79. The van der Waals surface area contributed by atoms with Gasteiger partial charge in [-0.15, -0.1) is 0 Å². The van der Waals surface area contributed by atoms with Crippen molar-refractivity contribution >= 4 is 5.69 Å². The molecule has 0 unspecified atom stereocenters. The summed E-state index contributed by atoms with van der Waals surface area (Å²) in [5.41, 5.74) is 8.73. The van der Waals surface area contributed by atoms with E-state index in [0.717, 1.165) is 19.5 Å². The van der Waals surface area contributed by atoms with Gasteiger partial charge in [0.05, 0.1) is 0 Å². The van der Waals surface area contributed by atoms with Gasteiger partial charge in [-0.2, -0.15) is 0 Å². The molecule has 102 valence electrons. The summed E-state index contributed by atoms with van der Waals surface area (Å²) in [6, 6.07) is 8.87. The van der Waals surface area contributed by atoms with Crippen LogP contribution in [0.3, 0.4) is 0 Å². The summed E-state index contributed by atoms with van der Waals surface area (Å²) in [6.45, 7) is 8.52. The number of rotatable bonds is 7.